The minimum atomic E-state index is -0.0715. The number of benzene rings is 1. The van der Waals surface area contributed by atoms with Crippen molar-refractivity contribution in [3.63, 3.8) is 0 Å². The molecular formula is C16H24N2O2S. The number of thioether (sulfide) groups is 1. The zero-order valence-electron chi connectivity index (χ0n) is 13.0. The summed E-state index contributed by atoms with van der Waals surface area (Å²) in [6, 6.07) is 8.37. The van der Waals surface area contributed by atoms with Crippen LogP contribution in [0.2, 0.25) is 0 Å². The zero-order chi connectivity index (χ0) is 15.2. The highest BCUT2D eigenvalue weighted by atomic mass is 32.2. The molecule has 1 amide bonds. The molecule has 1 saturated heterocycles. The van der Waals surface area contributed by atoms with Gasteiger partial charge in [-0.05, 0) is 36.8 Å². The minimum absolute atomic E-state index is 0.0183. The molecule has 5 heteroatoms. The third-order valence-corrected chi connectivity index (χ3v) is 4.58. The summed E-state index contributed by atoms with van der Waals surface area (Å²) in [5, 5.41) is 3.45. The molecule has 0 aromatic heterocycles. The average molecular weight is 308 g/mol. The van der Waals surface area contributed by atoms with Gasteiger partial charge in [0.1, 0.15) is 6.17 Å². The van der Waals surface area contributed by atoms with Crippen LogP contribution in [0.5, 0.6) is 0 Å². The quantitative estimate of drug-likeness (QED) is 0.621. The Morgan fingerprint density at radius 3 is 2.62 bits per heavy atom. The number of methoxy groups -OCH3 is 1. The summed E-state index contributed by atoms with van der Waals surface area (Å²) in [6.45, 7) is 3.45. The van der Waals surface area contributed by atoms with Crippen molar-refractivity contribution in [3.8, 4) is 0 Å². The first kappa shape index (κ1) is 16.3. The van der Waals surface area contributed by atoms with Gasteiger partial charge in [0.15, 0.2) is 0 Å². The largest absolute Gasteiger partial charge is 0.385 e. The molecule has 0 spiro atoms. The molecule has 1 heterocycles. The average Bonchev–Trinajstić information content (AvgIpc) is 2.84. The highest BCUT2D eigenvalue weighted by Crippen LogP contribution is 2.28. The molecule has 21 heavy (non-hydrogen) atoms. The van der Waals surface area contributed by atoms with Gasteiger partial charge < -0.3 is 9.64 Å². The first-order chi connectivity index (χ1) is 10.2. The Bertz CT molecular complexity index is 464. The fraction of sp³-hybridized carbons (Fsp3) is 0.562. The van der Waals surface area contributed by atoms with E-state index in [0.29, 0.717) is 6.61 Å². The first-order valence-corrected chi connectivity index (χ1v) is 8.63. The topological polar surface area (TPSA) is 41.6 Å². The van der Waals surface area contributed by atoms with Crippen molar-refractivity contribution in [3.05, 3.63) is 29.8 Å². The highest BCUT2D eigenvalue weighted by Gasteiger charge is 2.37. The number of ether oxygens (including phenoxy) is 1. The van der Waals surface area contributed by atoms with Gasteiger partial charge in [0.05, 0.1) is 6.04 Å². The van der Waals surface area contributed by atoms with Crippen molar-refractivity contribution >= 4 is 17.7 Å². The van der Waals surface area contributed by atoms with Crippen molar-refractivity contribution in [2.24, 2.45) is 0 Å². The Kier molecular flexibility index (Phi) is 6.08. The molecule has 1 aliphatic heterocycles. The van der Waals surface area contributed by atoms with Crippen LogP contribution in [0.25, 0.3) is 0 Å². The third kappa shape index (κ3) is 3.78. The molecule has 1 aliphatic rings. The van der Waals surface area contributed by atoms with Crippen LogP contribution in [0.15, 0.2) is 29.2 Å². The summed E-state index contributed by atoms with van der Waals surface area (Å²) in [6.07, 6.45) is 3.73. The second-order valence-corrected chi connectivity index (χ2v) is 6.06. The summed E-state index contributed by atoms with van der Waals surface area (Å²) in [4.78, 5) is 15.6. The summed E-state index contributed by atoms with van der Waals surface area (Å²) in [5.41, 5.74) is 1.15. The van der Waals surface area contributed by atoms with Gasteiger partial charge >= 0.3 is 0 Å². The number of nitrogens with one attached hydrogen (secondary N) is 1. The van der Waals surface area contributed by atoms with Gasteiger partial charge in [-0.15, -0.1) is 11.8 Å². The molecule has 4 nitrogen and oxygen atoms in total. The van der Waals surface area contributed by atoms with E-state index < -0.39 is 0 Å². The van der Waals surface area contributed by atoms with Crippen LogP contribution < -0.4 is 5.32 Å². The van der Waals surface area contributed by atoms with E-state index in [2.05, 4.69) is 35.8 Å². The number of hydrogen-bond acceptors (Lipinski definition) is 4. The van der Waals surface area contributed by atoms with Gasteiger partial charge in [0.25, 0.3) is 0 Å². The predicted octanol–water partition coefficient (Wildman–Crippen LogP) is 2.65. The van der Waals surface area contributed by atoms with Crippen molar-refractivity contribution in [1.82, 2.24) is 10.2 Å². The molecule has 0 bridgehead atoms. The van der Waals surface area contributed by atoms with E-state index in [1.165, 1.54) is 4.90 Å². The van der Waals surface area contributed by atoms with Crippen LogP contribution in [-0.4, -0.2) is 43.4 Å². The van der Waals surface area contributed by atoms with Gasteiger partial charge in [-0.25, -0.2) is 0 Å². The molecule has 2 unspecified atom stereocenters. The summed E-state index contributed by atoms with van der Waals surface area (Å²) < 4.78 is 5.10. The van der Waals surface area contributed by atoms with E-state index in [1.54, 1.807) is 18.9 Å². The maximum absolute atomic E-state index is 12.5. The van der Waals surface area contributed by atoms with E-state index >= 15 is 0 Å². The standard InChI is InChI=1S/C16H24N2O2S/c1-4-14-16(19)18(10-5-11-20-2)15(17-14)12-6-8-13(21-3)9-7-12/h6-9,14-15,17H,4-5,10-11H2,1-3H3. The second-order valence-electron chi connectivity index (χ2n) is 5.18. The Balaban J connectivity index is 2.14. The smallest absolute Gasteiger partial charge is 0.241 e. The van der Waals surface area contributed by atoms with Crippen LogP contribution in [-0.2, 0) is 9.53 Å². The number of hydrogen-bond donors (Lipinski definition) is 1. The molecule has 1 N–H and O–H groups in total. The van der Waals surface area contributed by atoms with Gasteiger partial charge in [-0.1, -0.05) is 19.1 Å². The lowest BCUT2D eigenvalue weighted by Gasteiger charge is -2.24. The fourth-order valence-corrected chi connectivity index (χ4v) is 3.06. The minimum Gasteiger partial charge on any atom is -0.385 e. The maximum atomic E-state index is 12.5. The number of carbonyl (C=O) groups excluding carboxylic acids is 1. The van der Waals surface area contributed by atoms with Crippen LogP contribution >= 0.6 is 11.8 Å². The van der Waals surface area contributed by atoms with Crippen molar-refractivity contribution < 1.29 is 9.53 Å². The molecular weight excluding hydrogens is 284 g/mol. The van der Waals surface area contributed by atoms with Crippen molar-refractivity contribution in [1.29, 1.82) is 0 Å². The second kappa shape index (κ2) is 7.82. The van der Waals surface area contributed by atoms with E-state index in [0.717, 1.165) is 24.9 Å². The molecule has 0 radical (unpaired) electrons. The van der Waals surface area contributed by atoms with Crippen LogP contribution in [0.4, 0.5) is 0 Å². The zero-order valence-corrected chi connectivity index (χ0v) is 13.8. The Morgan fingerprint density at radius 1 is 1.33 bits per heavy atom. The lowest BCUT2D eigenvalue weighted by molar-refractivity contribution is -0.130. The number of rotatable bonds is 7. The van der Waals surface area contributed by atoms with Gasteiger partial charge in [0.2, 0.25) is 5.91 Å². The number of carbonyl (C=O) groups is 1. The Hall–Kier alpha value is -1.04. The maximum Gasteiger partial charge on any atom is 0.241 e. The van der Waals surface area contributed by atoms with E-state index in [-0.39, 0.29) is 18.1 Å². The molecule has 0 aliphatic carbocycles. The van der Waals surface area contributed by atoms with E-state index in [1.807, 2.05) is 11.8 Å². The third-order valence-electron chi connectivity index (χ3n) is 3.84. The molecule has 1 aromatic rings. The predicted molar refractivity (Wildman–Crippen MR) is 86.4 cm³/mol. The monoisotopic (exact) mass is 308 g/mol. The van der Waals surface area contributed by atoms with Gasteiger partial charge in [-0.3, -0.25) is 10.1 Å². The molecule has 1 fully saturated rings. The highest BCUT2D eigenvalue weighted by molar-refractivity contribution is 7.98. The Morgan fingerprint density at radius 2 is 2.05 bits per heavy atom. The summed E-state index contributed by atoms with van der Waals surface area (Å²) in [7, 11) is 1.69. The van der Waals surface area contributed by atoms with Crippen molar-refractivity contribution in [2.75, 3.05) is 26.5 Å². The Labute approximate surface area is 131 Å². The van der Waals surface area contributed by atoms with Gasteiger partial charge in [0, 0.05) is 25.2 Å². The van der Waals surface area contributed by atoms with E-state index in [4.69, 9.17) is 4.74 Å². The lowest BCUT2D eigenvalue weighted by atomic mass is 10.1. The molecule has 1 aromatic carbocycles. The molecule has 2 rings (SSSR count). The lowest BCUT2D eigenvalue weighted by Crippen LogP contribution is -2.32. The van der Waals surface area contributed by atoms with Crippen LogP contribution in [0.3, 0.4) is 0 Å². The normalized spacial score (nSPS) is 22.0. The molecule has 0 saturated carbocycles. The molecule has 116 valence electrons. The van der Waals surface area contributed by atoms with Gasteiger partial charge in [-0.2, -0.15) is 0 Å². The number of amides is 1. The van der Waals surface area contributed by atoms with Crippen LogP contribution in [0, 0.1) is 0 Å². The summed E-state index contributed by atoms with van der Waals surface area (Å²) in [5.74, 6) is 0.201. The van der Waals surface area contributed by atoms with E-state index in [9.17, 15) is 4.79 Å². The molecule has 2 atom stereocenters. The first-order valence-electron chi connectivity index (χ1n) is 7.40. The fourth-order valence-electron chi connectivity index (χ4n) is 2.65. The van der Waals surface area contributed by atoms with Crippen molar-refractivity contribution in [2.45, 2.75) is 36.9 Å². The SMILES string of the molecule is CCC1NC(c2ccc(SC)cc2)N(CCCOC)C1=O. The summed E-state index contributed by atoms with van der Waals surface area (Å²) >= 11 is 1.73. The number of nitrogens with zero attached hydrogens (tertiary/aromatic N) is 1. The van der Waals surface area contributed by atoms with Crippen LogP contribution in [0.1, 0.15) is 31.5 Å².